The SMILES string of the molecule is O=c1c2ccc(N3CCN(Cc4nnc(C5CC5)o4)CC3)cc2ncn1CC(F)F. The van der Waals surface area contributed by atoms with Gasteiger partial charge >= 0.3 is 0 Å². The summed E-state index contributed by atoms with van der Waals surface area (Å²) in [5, 5.41) is 8.64. The van der Waals surface area contributed by atoms with Crippen LogP contribution in [-0.2, 0) is 13.1 Å². The fourth-order valence-corrected chi connectivity index (χ4v) is 3.80. The smallest absolute Gasteiger partial charge is 0.261 e. The van der Waals surface area contributed by atoms with E-state index in [-0.39, 0.29) is 0 Å². The Morgan fingerprint density at radius 3 is 2.67 bits per heavy atom. The van der Waals surface area contributed by atoms with Crippen molar-refractivity contribution in [2.75, 3.05) is 31.1 Å². The number of nitrogens with zero attached hydrogens (tertiary/aromatic N) is 6. The second-order valence-electron chi connectivity index (χ2n) is 7.87. The molecule has 158 valence electrons. The van der Waals surface area contributed by atoms with E-state index < -0.39 is 18.5 Å². The summed E-state index contributed by atoms with van der Waals surface area (Å²) in [4.78, 5) is 21.1. The highest BCUT2D eigenvalue weighted by molar-refractivity contribution is 5.81. The Kier molecular flexibility index (Phi) is 4.93. The lowest BCUT2D eigenvalue weighted by atomic mass is 10.2. The van der Waals surface area contributed by atoms with E-state index in [2.05, 4.69) is 25.0 Å². The maximum atomic E-state index is 12.6. The highest BCUT2D eigenvalue weighted by atomic mass is 19.3. The Balaban J connectivity index is 1.24. The minimum Gasteiger partial charge on any atom is -0.424 e. The van der Waals surface area contributed by atoms with Crippen LogP contribution in [0.25, 0.3) is 10.9 Å². The van der Waals surface area contributed by atoms with Gasteiger partial charge in [-0.15, -0.1) is 10.2 Å². The molecule has 2 fully saturated rings. The molecule has 0 bridgehead atoms. The Morgan fingerprint density at radius 2 is 1.93 bits per heavy atom. The lowest BCUT2D eigenvalue weighted by molar-refractivity contribution is 0.125. The number of anilines is 1. The molecule has 5 rings (SSSR count). The van der Waals surface area contributed by atoms with Crippen LogP contribution in [0, 0.1) is 0 Å². The third-order valence-electron chi connectivity index (χ3n) is 5.65. The Labute approximate surface area is 171 Å². The molecule has 0 radical (unpaired) electrons. The van der Waals surface area contributed by atoms with Crippen molar-refractivity contribution in [2.24, 2.45) is 0 Å². The normalized spacial score (nSPS) is 17.9. The molecular weight excluding hydrogens is 394 g/mol. The predicted octanol–water partition coefficient (Wildman–Crippen LogP) is 2.24. The molecule has 2 aromatic heterocycles. The maximum Gasteiger partial charge on any atom is 0.261 e. The van der Waals surface area contributed by atoms with Gasteiger partial charge in [-0.25, -0.2) is 13.8 Å². The molecule has 8 nitrogen and oxygen atoms in total. The number of benzene rings is 1. The zero-order chi connectivity index (χ0) is 20.7. The maximum absolute atomic E-state index is 12.6. The van der Waals surface area contributed by atoms with Crippen molar-refractivity contribution in [2.45, 2.75) is 38.3 Å². The van der Waals surface area contributed by atoms with Gasteiger partial charge in [0.05, 0.1) is 30.3 Å². The third-order valence-corrected chi connectivity index (χ3v) is 5.65. The lowest BCUT2D eigenvalue weighted by Gasteiger charge is -2.35. The van der Waals surface area contributed by atoms with Crippen LogP contribution < -0.4 is 10.5 Å². The largest absolute Gasteiger partial charge is 0.424 e. The predicted molar refractivity (Wildman–Crippen MR) is 106 cm³/mol. The third kappa shape index (κ3) is 3.91. The Morgan fingerprint density at radius 1 is 1.13 bits per heavy atom. The highest BCUT2D eigenvalue weighted by Gasteiger charge is 2.29. The molecule has 1 aromatic carbocycles. The first-order valence-electron chi connectivity index (χ1n) is 10.1. The van der Waals surface area contributed by atoms with E-state index in [1.165, 1.54) is 6.33 Å². The quantitative estimate of drug-likeness (QED) is 0.610. The van der Waals surface area contributed by atoms with Crippen molar-refractivity contribution in [3.8, 4) is 0 Å². The minimum atomic E-state index is -2.59. The van der Waals surface area contributed by atoms with Crippen LogP contribution in [0.15, 0.2) is 33.7 Å². The summed E-state index contributed by atoms with van der Waals surface area (Å²) in [5.74, 6) is 1.89. The van der Waals surface area contributed by atoms with Crippen LogP contribution in [0.5, 0.6) is 0 Å². The van der Waals surface area contributed by atoms with Gasteiger partial charge in [0.25, 0.3) is 12.0 Å². The van der Waals surface area contributed by atoms with Crippen molar-refractivity contribution >= 4 is 16.6 Å². The number of hydrogen-bond donors (Lipinski definition) is 0. The number of fused-ring (bicyclic) bond motifs is 1. The van der Waals surface area contributed by atoms with Crippen molar-refractivity contribution in [1.82, 2.24) is 24.6 Å². The number of alkyl halides is 2. The number of hydrogen-bond acceptors (Lipinski definition) is 7. The van der Waals surface area contributed by atoms with Crippen molar-refractivity contribution in [3.63, 3.8) is 0 Å². The van der Waals surface area contributed by atoms with Crippen LogP contribution in [0.2, 0.25) is 0 Å². The molecule has 0 unspecified atom stereocenters. The van der Waals surface area contributed by atoms with Crippen LogP contribution in [0.4, 0.5) is 14.5 Å². The van der Waals surface area contributed by atoms with E-state index in [0.717, 1.165) is 55.2 Å². The fraction of sp³-hybridized carbons (Fsp3) is 0.500. The van der Waals surface area contributed by atoms with E-state index in [9.17, 15) is 13.6 Å². The summed E-state index contributed by atoms with van der Waals surface area (Å²) in [6.45, 7) is 3.34. The molecule has 3 aromatic rings. The summed E-state index contributed by atoms with van der Waals surface area (Å²) in [6.07, 6.45) is 0.880. The number of rotatable bonds is 6. The van der Waals surface area contributed by atoms with Gasteiger partial charge < -0.3 is 9.32 Å². The molecule has 1 saturated carbocycles. The van der Waals surface area contributed by atoms with Crippen LogP contribution in [-0.4, -0.2) is 57.3 Å². The first-order valence-corrected chi connectivity index (χ1v) is 10.1. The number of piperazine rings is 1. The molecule has 0 atom stereocenters. The van der Waals surface area contributed by atoms with Gasteiger partial charge in [0.1, 0.15) is 0 Å². The van der Waals surface area contributed by atoms with Gasteiger partial charge in [-0.05, 0) is 31.0 Å². The van der Waals surface area contributed by atoms with E-state index >= 15 is 0 Å². The molecule has 2 aliphatic rings. The monoisotopic (exact) mass is 416 g/mol. The summed E-state index contributed by atoms with van der Waals surface area (Å²) in [7, 11) is 0. The average molecular weight is 416 g/mol. The van der Waals surface area contributed by atoms with Gasteiger partial charge in [0.15, 0.2) is 0 Å². The van der Waals surface area contributed by atoms with E-state index in [1.54, 1.807) is 6.07 Å². The van der Waals surface area contributed by atoms with Crippen molar-refractivity contribution in [3.05, 3.63) is 46.7 Å². The van der Waals surface area contributed by atoms with E-state index in [1.807, 2.05) is 12.1 Å². The number of aromatic nitrogens is 4. The summed E-state index contributed by atoms with van der Waals surface area (Å²) in [6, 6.07) is 5.37. The zero-order valence-electron chi connectivity index (χ0n) is 16.4. The van der Waals surface area contributed by atoms with Gasteiger partial charge in [-0.2, -0.15) is 0 Å². The second-order valence-corrected chi connectivity index (χ2v) is 7.87. The Bertz CT molecular complexity index is 1100. The van der Waals surface area contributed by atoms with Crippen molar-refractivity contribution < 1.29 is 13.2 Å². The van der Waals surface area contributed by atoms with Gasteiger partial charge in [0.2, 0.25) is 11.8 Å². The molecule has 1 saturated heterocycles. The average Bonchev–Trinajstić information content (AvgIpc) is 3.49. The second kappa shape index (κ2) is 7.75. The molecule has 0 spiro atoms. The van der Waals surface area contributed by atoms with Crippen LogP contribution in [0.3, 0.4) is 0 Å². The first-order chi connectivity index (χ1) is 14.6. The molecule has 1 aliphatic heterocycles. The molecule has 0 amide bonds. The van der Waals surface area contributed by atoms with Crippen LogP contribution in [0.1, 0.15) is 30.5 Å². The summed E-state index contributed by atoms with van der Waals surface area (Å²) in [5.41, 5.74) is 1.04. The molecule has 0 N–H and O–H groups in total. The molecular formula is C20H22F2N6O2. The van der Waals surface area contributed by atoms with E-state index in [0.29, 0.717) is 29.3 Å². The molecule has 10 heteroatoms. The summed E-state index contributed by atoms with van der Waals surface area (Å²) < 4.78 is 31.9. The highest BCUT2D eigenvalue weighted by Crippen LogP contribution is 2.39. The zero-order valence-corrected chi connectivity index (χ0v) is 16.4. The van der Waals surface area contributed by atoms with Gasteiger partial charge in [0, 0.05) is 37.8 Å². The number of halogens is 2. The first kappa shape index (κ1) is 19.1. The molecule has 30 heavy (non-hydrogen) atoms. The van der Waals surface area contributed by atoms with Gasteiger partial charge in [-0.1, -0.05) is 0 Å². The molecule has 1 aliphatic carbocycles. The lowest BCUT2D eigenvalue weighted by Crippen LogP contribution is -2.46. The topological polar surface area (TPSA) is 80.3 Å². The standard InChI is InChI=1S/C20H22F2N6O2/c21-17(22)10-28-12-23-16-9-14(3-4-15(16)20(28)29)27-7-5-26(6-8-27)11-18-24-25-19(30-18)13-1-2-13/h3-4,9,12-13,17H,1-2,5-8,10-11H2. The summed E-state index contributed by atoms with van der Waals surface area (Å²) >= 11 is 0. The van der Waals surface area contributed by atoms with Crippen molar-refractivity contribution in [1.29, 1.82) is 0 Å². The minimum absolute atomic E-state index is 0.350. The Hall–Kier alpha value is -2.88. The van der Waals surface area contributed by atoms with Gasteiger partial charge in [-0.3, -0.25) is 14.3 Å². The van der Waals surface area contributed by atoms with E-state index in [4.69, 9.17) is 4.42 Å². The molecule has 3 heterocycles. The van der Waals surface area contributed by atoms with Crippen LogP contribution >= 0.6 is 0 Å². The fourth-order valence-electron chi connectivity index (χ4n) is 3.80.